The number of aliphatic hydroxyl groups excluding tert-OH is 1. The maximum absolute atomic E-state index is 9.58. The van der Waals surface area contributed by atoms with Crippen LogP contribution in [0.25, 0.3) is 0 Å². The topological polar surface area (TPSA) is 46.9 Å². The van der Waals surface area contributed by atoms with Gasteiger partial charge in [0.05, 0.1) is 11.4 Å². The predicted molar refractivity (Wildman–Crippen MR) is 128 cm³/mol. The van der Waals surface area contributed by atoms with E-state index in [1.54, 1.807) is 0 Å². The van der Waals surface area contributed by atoms with E-state index in [0.717, 1.165) is 19.5 Å². The van der Waals surface area contributed by atoms with Crippen molar-refractivity contribution in [3.8, 4) is 0 Å². The summed E-state index contributed by atoms with van der Waals surface area (Å²) in [5, 5.41) is 19.2. The number of aryl methyl sites for hydroxylation is 1. The van der Waals surface area contributed by atoms with Crippen molar-refractivity contribution in [3.63, 3.8) is 0 Å². The zero-order chi connectivity index (χ0) is 21.8. The summed E-state index contributed by atoms with van der Waals surface area (Å²) in [5.41, 5.74) is 6.37. The van der Waals surface area contributed by atoms with Gasteiger partial charge in [-0.05, 0) is 55.2 Å². The third-order valence-electron chi connectivity index (χ3n) is 5.84. The molecule has 1 aliphatic rings. The molecular formula is C26H30N2O2S. The molecule has 4 rings (SSSR count). The Balaban J connectivity index is 1.52. The molecule has 162 valence electrons. The Morgan fingerprint density at radius 3 is 2.42 bits per heavy atom. The lowest BCUT2D eigenvalue weighted by molar-refractivity contribution is -0.0626. The van der Waals surface area contributed by atoms with E-state index >= 15 is 0 Å². The minimum Gasteiger partial charge on any atom is -0.367 e. The summed E-state index contributed by atoms with van der Waals surface area (Å²) in [6.45, 7) is 7.00. The van der Waals surface area contributed by atoms with Gasteiger partial charge in [-0.15, -0.1) is 0 Å². The first kappa shape index (κ1) is 21.9. The van der Waals surface area contributed by atoms with E-state index in [0.29, 0.717) is 6.54 Å². The summed E-state index contributed by atoms with van der Waals surface area (Å²) in [6, 6.07) is 23.2. The van der Waals surface area contributed by atoms with Gasteiger partial charge in [0.2, 0.25) is 0 Å². The minimum absolute atomic E-state index is 0.246. The summed E-state index contributed by atoms with van der Waals surface area (Å²) in [4.78, 5) is 7.15. The normalized spacial score (nSPS) is 12.9. The molecule has 31 heavy (non-hydrogen) atoms. The molecule has 0 aliphatic carbocycles. The van der Waals surface area contributed by atoms with Gasteiger partial charge in [0.1, 0.15) is 0 Å². The van der Waals surface area contributed by atoms with E-state index in [9.17, 15) is 10.2 Å². The molecule has 1 heterocycles. The molecule has 0 radical (unpaired) electrons. The average molecular weight is 435 g/mol. The molecular weight excluding hydrogens is 404 g/mol. The van der Waals surface area contributed by atoms with Gasteiger partial charge >= 0.3 is 0 Å². The van der Waals surface area contributed by atoms with Crippen molar-refractivity contribution < 1.29 is 10.2 Å². The number of anilines is 2. The number of para-hydroxylation sites is 1. The standard InChI is InChI=1S/C26H30N2O2S/c1-19-13-14-24-26(20(19)2)28(22-11-6-7-12-23(22)31-24)16-8-15-27(18-25(29)30)17-21-9-4-3-5-10-21/h3-7,9-14,25,29-30H,8,15-18H2,1-2H3. The van der Waals surface area contributed by atoms with E-state index in [1.165, 1.54) is 37.9 Å². The van der Waals surface area contributed by atoms with Crippen LogP contribution in [0, 0.1) is 13.8 Å². The SMILES string of the molecule is Cc1ccc2c(c1C)N(CCCN(Cc1ccccc1)CC(O)O)c1ccccc1S2. The second kappa shape index (κ2) is 9.88. The van der Waals surface area contributed by atoms with Crippen LogP contribution in [0.4, 0.5) is 11.4 Å². The zero-order valence-corrected chi connectivity index (χ0v) is 19.0. The molecule has 2 N–H and O–H groups in total. The van der Waals surface area contributed by atoms with Crippen molar-refractivity contribution in [1.82, 2.24) is 4.90 Å². The maximum atomic E-state index is 9.58. The van der Waals surface area contributed by atoms with Crippen molar-refractivity contribution in [2.24, 2.45) is 0 Å². The Bertz CT molecular complexity index is 1020. The lowest BCUT2D eigenvalue weighted by Gasteiger charge is -2.35. The summed E-state index contributed by atoms with van der Waals surface area (Å²) >= 11 is 1.84. The largest absolute Gasteiger partial charge is 0.367 e. The molecule has 0 fully saturated rings. The molecule has 5 heteroatoms. The number of rotatable bonds is 8. The summed E-state index contributed by atoms with van der Waals surface area (Å²) in [6.07, 6.45) is -0.410. The third kappa shape index (κ3) is 5.13. The van der Waals surface area contributed by atoms with E-state index in [1.807, 2.05) is 30.0 Å². The zero-order valence-electron chi connectivity index (χ0n) is 18.2. The van der Waals surface area contributed by atoms with Crippen molar-refractivity contribution >= 4 is 23.1 Å². The number of hydrogen-bond acceptors (Lipinski definition) is 5. The van der Waals surface area contributed by atoms with Crippen LogP contribution >= 0.6 is 11.8 Å². The molecule has 0 saturated carbocycles. The Labute approximate surface area is 189 Å². The summed E-state index contributed by atoms with van der Waals surface area (Å²) < 4.78 is 0. The Morgan fingerprint density at radius 1 is 0.903 bits per heavy atom. The molecule has 0 aromatic heterocycles. The number of nitrogens with zero attached hydrogens (tertiary/aromatic N) is 2. The highest BCUT2D eigenvalue weighted by Gasteiger charge is 2.25. The smallest absolute Gasteiger partial charge is 0.164 e. The van der Waals surface area contributed by atoms with Crippen molar-refractivity contribution in [2.45, 2.75) is 42.9 Å². The average Bonchev–Trinajstić information content (AvgIpc) is 2.76. The number of aliphatic hydroxyl groups is 2. The lowest BCUT2D eigenvalue weighted by atomic mass is 10.1. The highest BCUT2D eigenvalue weighted by Crippen LogP contribution is 2.49. The van der Waals surface area contributed by atoms with Crippen molar-refractivity contribution in [3.05, 3.63) is 83.4 Å². The molecule has 0 amide bonds. The van der Waals surface area contributed by atoms with Crippen LogP contribution in [-0.4, -0.2) is 41.0 Å². The monoisotopic (exact) mass is 434 g/mol. The second-order valence-corrected chi connectivity index (χ2v) is 9.21. The summed E-state index contributed by atoms with van der Waals surface area (Å²) in [5.74, 6) is 0. The lowest BCUT2D eigenvalue weighted by Crippen LogP contribution is -2.34. The maximum Gasteiger partial charge on any atom is 0.164 e. The minimum atomic E-state index is -1.33. The second-order valence-electron chi connectivity index (χ2n) is 8.13. The molecule has 0 atom stereocenters. The Kier molecular flexibility index (Phi) is 6.98. The van der Waals surface area contributed by atoms with Gasteiger partial charge < -0.3 is 15.1 Å². The van der Waals surface area contributed by atoms with Gasteiger partial charge in [-0.1, -0.05) is 60.3 Å². The van der Waals surface area contributed by atoms with Gasteiger partial charge in [0, 0.05) is 36.0 Å². The predicted octanol–water partition coefficient (Wildman–Crippen LogP) is 5.11. The molecule has 1 aliphatic heterocycles. The van der Waals surface area contributed by atoms with Crippen molar-refractivity contribution in [2.75, 3.05) is 24.5 Å². The number of benzene rings is 3. The fourth-order valence-corrected chi connectivity index (χ4v) is 5.35. The van der Waals surface area contributed by atoms with Gasteiger partial charge in [-0.3, -0.25) is 4.90 Å². The van der Waals surface area contributed by atoms with Crippen LogP contribution in [-0.2, 0) is 6.54 Å². The van der Waals surface area contributed by atoms with Crippen LogP contribution < -0.4 is 4.90 Å². The van der Waals surface area contributed by atoms with Crippen molar-refractivity contribution in [1.29, 1.82) is 0 Å². The van der Waals surface area contributed by atoms with E-state index in [4.69, 9.17) is 0 Å². The number of fused-ring (bicyclic) bond motifs is 2. The fourth-order valence-electron chi connectivity index (χ4n) is 4.19. The Hall–Kier alpha value is -2.31. The third-order valence-corrected chi connectivity index (χ3v) is 6.95. The van der Waals surface area contributed by atoms with Crippen LogP contribution in [0.5, 0.6) is 0 Å². The van der Waals surface area contributed by atoms with Gasteiger partial charge in [0.25, 0.3) is 0 Å². The van der Waals surface area contributed by atoms with E-state index < -0.39 is 6.29 Å². The molecule has 0 unspecified atom stereocenters. The fraction of sp³-hybridized carbons (Fsp3) is 0.308. The quantitative estimate of drug-likeness (QED) is 0.483. The molecule has 0 bridgehead atoms. The highest BCUT2D eigenvalue weighted by atomic mass is 32.2. The van der Waals surface area contributed by atoms with Gasteiger partial charge in [-0.25, -0.2) is 0 Å². The highest BCUT2D eigenvalue weighted by molar-refractivity contribution is 7.99. The first-order chi connectivity index (χ1) is 15.0. The first-order valence-electron chi connectivity index (χ1n) is 10.8. The molecule has 4 nitrogen and oxygen atoms in total. The number of hydrogen-bond donors (Lipinski definition) is 2. The van der Waals surface area contributed by atoms with Crippen LogP contribution in [0.3, 0.4) is 0 Å². The summed E-state index contributed by atoms with van der Waals surface area (Å²) in [7, 11) is 0. The first-order valence-corrected chi connectivity index (χ1v) is 11.6. The molecule has 0 spiro atoms. The van der Waals surface area contributed by atoms with Gasteiger partial charge in [-0.2, -0.15) is 0 Å². The van der Waals surface area contributed by atoms with Crippen LogP contribution in [0.2, 0.25) is 0 Å². The Morgan fingerprint density at radius 2 is 1.65 bits per heavy atom. The van der Waals surface area contributed by atoms with Crippen LogP contribution in [0.1, 0.15) is 23.1 Å². The molecule has 3 aromatic rings. The molecule has 3 aromatic carbocycles. The van der Waals surface area contributed by atoms with E-state index in [2.05, 4.69) is 72.2 Å². The molecule has 0 saturated heterocycles. The van der Waals surface area contributed by atoms with Crippen LogP contribution in [0.15, 0.2) is 76.5 Å². The van der Waals surface area contributed by atoms with Gasteiger partial charge in [0.15, 0.2) is 6.29 Å². The van der Waals surface area contributed by atoms with E-state index in [-0.39, 0.29) is 6.54 Å².